The number of hydrogen-bond acceptors (Lipinski definition) is 2. The topological polar surface area (TPSA) is 55.1 Å². The van der Waals surface area contributed by atoms with Crippen LogP contribution in [0.3, 0.4) is 0 Å². The number of aromatic nitrogens is 2. The molecule has 0 atom stereocenters. The van der Waals surface area contributed by atoms with E-state index in [-0.39, 0.29) is 6.42 Å². The molecule has 0 fully saturated rings. The lowest BCUT2D eigenvalue weighted by Gasteiger charge is -2.09. The number of carboxylic acid groups (broad SMARTS) is 1. The maximum atomic E-state index is 10.9. The molecule has 2 rings (SSSR count). The Morgan fingerprint density at radius 1 is 1.30 bits per heavy atom. The Bertz CT molecular complexity index is 690. The summed E-state index contributed by atoms with van der Waals surface area (Å²) in [7, 11) is 1.77. The minimum Gasteiger partial charge on any atom is -0.481 e. The first-order valence-electron chi connectivity index (χ1n) is 6.33. The SMILES string of the molecule is Cc1ccc(-c2nn(C)c(CC(=O)O)c2Br)c(C)c1C. The number of hydrogen-bond donors (Lipinski definition) is 1. The molecule has 0 aliphatic heterocycles. The number of aryl methyl sites for hydroxylation is 2. The van der Waals surface area contributed by atoms with E-state index in [1.807, 2.05) is 6.07 Å². The first kappa shape index (κ1) is 14.8. The molecule has 2 aromatic rings. The van der Waals surface area contributed by atoms with Gasteiger partial charge in [0.1, 0.15) is 5.69 Å². The van der Waals surface area contributed by atoms with Gasteiger partial charge in [-0.2, -0.15) is 5.10 Å². The molecular weight excluding hydrogens is 320 g/mol. The molecule has 0 saturated heterocycles. The van der Waals surface area contributed by atoms with E-state index >= 15 is 0 Å². The number of halogens is 1. The minimum absolute atomic E-state index is 0.0476. The van der Waals surface area contributed by atoms with E-state index in [9.17, 15) is 4.79 Å². The highest BCUT2D eigenvalue weighted by Gasteiger charge is 2.19. The molecule has 0 amide bonds. The smallest absolute Gasteiger partial charge is 0.309 e. The molecular formula is C15H17BrN2O2. The van der Waals surface area contributed by atoms with Crippen molar-refractivity contribution in [3.05, 3.63) is 39.0 Å². The van der Waals surface area contributed by atoms with Crippen LogP contribution in [-0.4, -0.2) is 20.9 Å². The molecule has 1 heterocycles. The van der Waals surface area contributed by atoms with E-state index in [1.165, 1.54) is 16.7 Å². The van der Waals surface area contributed by atoms with Gasteiger partial charge < -0.3 is 5.11 Å². The fraction of sp³-hybridized carbons (Fsp3) is 0.333. The molecule has 0 spiro atoms. The average molecular weight is 337 g/mol. The average Bonchev–Trinajstić information content (AvgIpc) is 2.64. The Labute approximate surface area is 126 Å². The van der Waals surface area contributed by atoms with Gasteiger partial charge in [0.2, 0.25) is 0 Å². The zero-order chi connectivity index (χ0) is 15.0. The summed E-state index contributed by atoms with van der Waals surface area (Å²) in [6, 6.07) is 4.10. The van der Waals surface area contributed by atoms with Crippen LogP contribution in [0.2, 0.25) is 0 Å². The molecule has 0 radical (unpaired) electrons. The molecule has 20 heavy (non-hydrogen) atoms. The van der Waals surface area contributed by atoms with Gasteiger partial charge in [-0.1, -0.05) is 12.1 Å². The lowest BCUT2D eigenvalue weighted by Crippen LogP contribution is -2.06. The van der Waals surface area contributed by atoms with Crippen molar-refractivity contribution in [1.82, 2.24) is 9.78 Å². The molecule has 0 bridgehead atoms. The van der Waals surface area contributed by atoms with Crippen LogP contribution in [0.5, 0.6) is 0 Å². The van der Waals surface area contributed by atoms with Crippen molar-refractivity contribution in [3.63, 3.8) is 0 Å². The van der Waals surface area contributed by atoms with Crippen LogP contribution < -0.4 is 0 Å². The van der Waals surface area contributed by atoms with Gasteiger partial charge >= 0.3 is 5.97 Å². The van der Waals surface area contributed by atoms with Crippen molar-refractivity contribution in [1.29, 1.82) is 0 Å². The largest absolute Gasteiger partial charge is 0.481 e. The molecule has 0 saturated carbocycles. The van der Waals surface area contributed by atoms with Crippen LogP contribution in [0, 0.1) is 20.8 Å². The van der Waals surface area contributed by atoms with Crippen molar-refractivity contribution in [2.24, 2.45) is 7.05 Å². The Morgan fingerprint density at radius 3 is 2.55 bits per heavy atom. The zero-order valence-electron chi connectivity index (χ0n) is 12.0. The van der Waals surface area contributed by atoms with Crippen molar-refractivity contribution < 1.29 is 9.90 Å². The fourth-order valence-electron chi connectivity index (χ4n) is 2.25. The summed E-state index contributed by atoms with van der Waals surface area (Å²) in [5.74, 6) is -0.864. The first-order chi connectivity index (χ1) is 9.32. The van der Waals surface area contributed by atoms with Crippen LogP contribution in [0.25, 0.3) is 11.3 Å². The third-order valence-corrected chi connectivity index (χ3v) is 4.57. The van der Waals surface area contributed by atoms with E-state index < -0.39 is 5.97 Å². The van der Waals surface area contributed by atoms with Gasteiger partial charge in [0.25, 0.3) is 0 Å². The summed E-state index contributed by atoms with van der Waals surface area (Å²) >= 11 is 3.50. The third kappa shape index (κ3) is 2.50. The normalized spacial score (nSPS) is 10.8. The fourth-order valence-corrected chi connectivity index (χ4v) is 2.94. The van der Waals surface area contributed by atoms with E-state index in [2.05, 4.69) is 47.9 Å². The molecule has 1 aromatic heterocycles. The first-order valence-corrected chi connectivity index (χ1v) is 7.12. The highest BCUT2D eigenvalue weighted by Crippen LogP contribution is 2.34. The molecule has 5 heteroatoms. The van der Waals surface area contributed by atoms with Gasteiger partial charge in [-0.15, -0.1) is 0 Å². The number of benzene rings is 1. The lowest BCUT2D eigenvalue weighted by atomic mass is 9.97. The van der Waals surface area contributed by atoms with Crippen molar-refractivity contribution in [2.75, 3.05) is 0 Å². The maximum Gasteiger partial charge on any atom is 0.309 e. The van der Waals surface area contributed by atoms with E-state index in [4.69, 9.17) is 5.11 Å². The van der Waals surface area contributed by atoms with Crippen molar-refractivity contribution >= 4 is 21.9 Å². The Hall–Kier alpha value is -1.62. The summed E-state index contributed by atoms with van der Waals surface area (Å²) in [6.45, 7) is 6.23. The van der Waals surface area contributed by atoms with Gasteiger partial charge in [0, 0.05) is 12.6 Å². The minimum atomic E-state index is -0.864. The van der Waals surface area contributed by atoms with E-state index in [0.717, 1.165) is 15.7 Å². The highest BCUT2D eigenvalue weighted by atomic mass is 79.9. The van der Waals surface area contributed by atoms with E-state index in [0.29, 0.717) is 5.69 Å². The number of carbonyl (C=O) groups is 1. The number of rotatable bonds is 3. The number of aliphatic carboxylic acids is 1. The van der Waals surface area contributed by atoms with Gasteiger partial charge in [-0.05, 0) is 53.4 Å². The summed E-state index contributed by atoms with van der Waals surface area (Å²) in [5, 5.41) is 13.4. The second-order valence-corrected chi connectivity index (χ2v) is 5.78. The predicted molar refractivity (Wildman–Crippen MR) is 81.9 cm³/mol. The van der Waals surface area contributed by atoms with Crippen LogP contribution >= 0.6 is 15.9 Å². The maximum absolute atomic E-state index is 10.9. The standard InChI is InChI=1S/C15H17BrN2O2/c1-8-5-6-11(10(3)9(8)2)15-14(16)12(7-13(19)20)18(4)17-15/h5-6H,7H2,1-4H3,(H,19,20). The van der Waals surface area contributed by atoms with Crippen LogP contribution in [-0.2, 0) is 18.3 Å². The van der Waals surface area contributed by atoms with Gasteiger partial charge in [0.05, 0.1) is 16.6 Å². The van der Waals surface area contributed by atoms with Gasteiger partial charge in [0.15, 0.2) is 0 Å². The Balaban J connectivity index is 2.60. The second-order valence-electron chi connectivity index (χ2n) is 4.98. The Morgan fingerprint density at radius 2 is 1.95 bits per heavy atom. The van der Waals surface area contributed by atoms with Gasteiger partial charge in [-0.3, -0.25) is 9.48 Å². The van der Waals surface area contributed by atoms with Crippen LogP contribution in [0.15, 0.2) is 16.6 Å². The highest BCUT2D eigenvalue weighted by molar-refractivity contribution is 9.10. The molecule has 0 unspecified atom stereocenters. The zero-order valence-corrected chi connectivity index (χ0v) is 13.6. The summed E-state index contributed by atoms with van der Waals surface area (Å²) in [5.41, 5.74) is 6.15. The summed E-state index contributed by atoms with van der Waals surface area (Å²) < 4.78 is 2.39. The predicted octanol–water partition coefficient (Wildman–Crippen LogP) is 3.40. The molecule has 106 valence electrons. The summed E-state index contributed by atoms with van der Waals surface area (Å²) in [4.78, 5) is 10.9. The van der Waals surface area contributed by atoms with Crippen LogP contribution in [0.4, 0.5) is 0 Å². The molecule has 4 nitrogen and oxygen atoms in total. The molecule has 0 aliphatic carbocycles. The van der Waals surface area contributed by atoms with Crippen molar-refractivity contribution in [3.8, 4) is 11.3 Å². The second kappa shape index (κ2) is 5.40. The molecule has 1 aromatic carbocycles. The number of nitrogens with zero attached hydrogens (tertiary/aromatic N) is 2. The van der Waals surface area contributed by atoms with E-state index in [1.54, 1.807) is 11.7 Å². The molecule has 1 N–H and O–H groups in total. The molecule has 0 aliphatic rings. The Kier molecular flexibility index (Phi) is 3.99. The summed E-state index contributed by atoms with van der Waals surface area (Å²) in [6.07, 6.45) is -0.0476. The quantitative estimate of drug-likeness (QED) is 0.934. The van der Waals surface area contributed by atoms with Crippen LogP contribution in [0.1, 0.15) is 22.4 Å². The monoisotopic (exact) mass is 336 g/mol. The number of carboxylic acids is 1. The lowest BCUT2D eigenvalue weighted by molar-refractivity contribution is -0.136. The third-order valence-electron chi connectivity index (χ3n) is 3.73. The van der Waals surface area contributed by atoms with Crippen molar-refractivity contribution in [2.45, 2.75) is 27.2 Å². The van der Waals surface area contributed by atoms with Gasteiger partial charge in [-0.25, -0.2) is 0 Å².